The zero-order valence-corrected chi connectivity index (χ0v) is 11.2. The molecule has 3 nitrogen and oxygen atoms in total. The highest BCUT2D eigenvalue weighted by Crippen LogP contribution is 2.24. The van der Waals surface area contributed by atoms with Crippen LogP contribution in [0.5, 0.6) is 5.75 Å². The largest absolute Gasteiger partial charge is 0.508 e. The van der Waals surface area contributed by atoms with Crippen molar-refractivity contribution < 1.29 is 9.90 Å². The minimum Gasteiger partial charge on any atom is -0.508 e. The van der Waals surface area contributed by atoms with E-state index in [2.05, 4.69) is 6.92 Å². The highest BCUT2D eigenvalue weighted by Gasteiger charge is 2.27. The number of rotatable bonds is 3. The average molecular weight is 235 g/mol. The molecule has 0 saturated heterocycles. The summed E-state index contributed by atoms with van der Waals surface area (Å²) in [5.41, 5.74) is 1.01. The molecule has 1 amide bonds. The van der Waals surface area contributed by atoms with Crippen LogP contribution in [0.4, 0.5) is 0 Å². The van der Waals surface area contributed by atoms with Crippen LogP contribution < -0.4 is 0 Å². The topological polar surface area (TPSA) is 40.5 Å². The van der Waals surface area contributed by atoms with Crippen LogP contribution in [0.1, 0.15) is 43.1 Å². The lowest BCUT2D eigenvalue weighted by molar-refractivity contribution is 0.0619. The molecule has 1 aromatic carbocycles. The fourth-order valence-electron chi connectivity index (χ4n) is 1.55. The first-order valence-electron chi connectivity index (χ1n) is 5.88. The summed E-state index contributed by atoms with van der Waals surface area (Å²) in [6.07, 6.45) is 0.882. The van der Waals surface area contributed by atoms with Crippen LogP contribution in [-0.2, 0) is 0 Å². The van der Waals surface area contributed by atoms with Crippen LogP contribution in [-0.4, -0.2) is 28.5 Å². The van der Waals surface area contributed by atoms with Crippen molar-refractivity contribution in [3.63, 3.8) is 0 Å². The predicted molar refractivity (Wildman–Crippen MR) is 69.3 cm³/mol. The Morgan fingerprint density at radius 2 is 2.00 bits per heavy atom. The third kappa shape index (κ3) is 2.60. The number of phenolic OH excluding ortho intramolecular Hbond substituents is 1. The van der Waals surface area contributed by atoms with Crippen molar-refractivity contribution in [3.05, 3.63) is 29.3 Å². The van der Waals surface area contributed by atoms with Crippen molar-refractivity contribution in [3.8, 4) is 5.75 Å². The molecule has 0 aliphatic carbocycles. The highest BCUT2D eigenvalue weighted by atomic mass is 16.3. The van der Waals surface area contributed by atoms with Gasteiger partial charge in [0.05, 0.1) is 0 Å². The summed E-state index contributed by atoms with van der Waals surface area (Å²) < 4.78 is 0. The second kappa shape index (κ2) is 4.78. The first-order valence-corrected chi connectivity index (χ1v) is 5.88. The molecule has 0 fully saturated rings. The van der Waals surface area contributed by atoms with Gasteiger partial charge in [0.2, 0.25) is 0 Å². The highest BCUT2D eigenvalue weighted by molar-refractivity contribution is 5.96. The third-order valence-electron chi connectivity index (χ3n) is 3.61. The molecule has 1 rings (SSSR count). The summed E-state index contributed by atoms with van der Waals surface area (Å²) in [5.74, 6) is 0.115. The van der Waals surface area contributed by atoms with Crippen molar-refractivity contribution in [2.24, 2.45) is 0 Å². The van der Waals surface area contributed by atoms with Crippen molar-refractivity contribution in [2.45, 2.75) is 39.7 Å². The molecule has 0 aliphatic rings. The van der Waals surface area contributed by atoms with Crippen molar-refractivity contribution >= 4 is 5.91 Å². The van der Waals surface area contributed by atoms with E-state index in [0.717, 1.165) is 6.42 Å². The summed E-state index contributed by atoms with van der Waals surface area (Å²) in [6, 6.07) is 5.04. The van der Waals surface area contributed by atoms with Crippen molar-refractivity contribution in [2.75, 3.05) is 7.05 Å². The summed E-state index contributed by atoms with van der Waals surface area (Å²) in [6.45, 7) is 7.88. The molecule has 1 N–H and O–H groups in total. The van der Waals surface area contributed by atoms with E-state index in [9.17, 15) is 9.90 Å². The normalized spacial score (nSPS) is 11.4. The lowest BCUT2D eigenvalue weighted by Crippen LogP contribution is -2.44. The van der Waals surface area contributed by atoms with Crippen LogP contribution in [0.15, 0.2) is 18.2 Å². The number of carbonyl (C=O) groups is 1. The van der Waals surface area contributed by atoms with Gasteiger partial charge in [0.25, 0.3) is 5.91 Å². The summed E-state index contributed by atoms with van der Waals surface area (Å²) in [7, 11) is 1.80. The molecule has 0 aromatic heterocycles. The fraction of sp³-hybridized carbons (Fsp3) is 0.500. The van der Waals surface area contributed by atoms with E-state index < -0.39 is 0 Å². The molecule has 0 unspecified atom stereocenters. The van der Waals surface area contributed by atoms with Gasteiger partial charge in [0, 0.05) is 23.7 Å². The average Bonchev–Trinajstić information content (AvgIpc) is 2.30. The van der Waals surface area contributed by atoms with Gasteiger partial charge in [0.1, 0.15) is 5.75 Å². The van der Waals surface area contributed by atoms with Gasteiger partial charge in [-0.05, 0) is 39.3 Å². The number of hydrogen-bond donors (Lipinski definition) is 1. The Balaban J connectivity index is 3.09. The minimum absolute atomic E-state index is 0.0507. The van der Waals surface area contributed by atoms with Gasteiger partial charge in [0.15, 0.2) is 0 Å². The Bertz CT molecular complexity index is 424. The maximum Gasteiger partial charge on any atom is 0.254 e. The maximum absolute atomic E-state index is 12.3. The van der Waals surface area contributed by atoms with E-state index in [0.29, 0.717) is 11.1 Å². The smallest absolute Gasteiger partial charge is 0.254 e. The van der Waals surface area contributed by atoms with Gasteiger partial charge in [-0.15, -0.1) is 0 Å². The molecule has 3 heteroatoms. The monoisotopic (exact) mass is 235 g/mol. The molecule has 0 saturated carbocycles. The number of hydrogen-bond acceptors (Lipinski definition) is 2. The Morgan fingerprint density at radius 1 is 1.41 bits per heavy atom. The number of phenols is 1. The van der Waals surface area contributed by atoms with Crippen LogP contribution in [0.25, 0.3) is 0 Å². The standard InChI is InChI=1S/C14H21NO2/c1-6-14(3,4)15(5)13(17)11-8-7-9-12(16)10(11)2/h7-9,16H,6H2,1-5H3. The van der Waals surface area contributed by atoms with Crippen molar-refractivity contribution in [1.29, 1.82) is 0 Å². The second-order valence-corrected chi connectivity index (χ2v) is 4.98. The van der Waals surface area contributed by atoms with Crippen LogP contribution in [0, 0.1) is 6.92 Å². The molecule has 0 aliphatic heterocycles. The van der Waals surface area contributed by atoms with Crippen LogP contribution in [0.2, 0.25) is 0 Å². The van der Waals surface area contributed by atoms with Gasteiger partial charge in [-0.1, -0.05) is 13.0 Å². The number of aromatic hydroxyl groups is 1. The van der Waals surface area contributed by atoms with Gasteiger partial charge >= 0.3 is 0 Å². The number of amides is 1. The molecule has 0 heterocycles. The first-order chi connectivity index (χ1) is 7.81. The Hall–Kier alpha value is -1.51. The summed E-state index contributed by atoms with van der Waals surface area (Å²) in [5, 5.41) is 9.62. The molecular formula is C14H21NO2. The zero-order valence-electron chi connectivity index (χ0n) is 11.2. The summed E-state index contributed by atoms with van der Waals surface area (Å²) in [4.78, 5) is 14.1. The molecule has 17 heavy (non-hydrogen) atoms. The first kappa shape index (κ1) is 13.6. The second-order valence-electron chi connectivity index (χ2n) is 4.98. The quantitative estimate of drug-likeness (QED) is 0.875. The number of carbonyl (C=O) groups excluding carboxylic acids is 1. The molecule has 1 aromatic rings. The summed E-state index contributed by atoms with van der Waals surface area (Å²) >= 11 is 0. The van der Waals surface area contributed by atoms with E-state index in [4.69, 9.17) is 0 Å². The molecule has 0 bridgehead atoms. The maximum atomic E-state index is 12.3. The van der Waals surface area contributed by atoms with Crippen molar-refractivity contribution in [1.82, 2.24) is 4.90 Å². The van der Waals surface area contributed by atoms with E-state index in [1.807, 2.05) is 13.8 Å². The predicted octanol–water partition coefficient (Wildman–Crippen LogP) is 2.96. The Labute approximate surface area is 103 Å². The molecular weight excluding hydrogens is 214 g/mol. The van der Waals surface area contributed by atoms with Crippen LogP contribution >= 0.6 is 0 Å². The number of nitrogens with zero attached hydrogens (tertiary/aromatic N) is 1. The van der Waals surface area contributed by atoms with Gasteiger partial charge in [-0.25, -0.2) is 0 Å². The van der Waals surface area contributed by atoms with E-state index in [1.165, 1.54) is 0 Å². The molecule has 0 atom stereocenters. The third-order valence-corrected chi connectivity index (χ3v) is 3.61. The van der Waals surface area contributed by atoms with Gasteiger partial charge in [-0.2, -0.15) is 0 Å². The van der Waals surface area contributed by atoms with E-state index in [-0.39, 0.29) is 17.2 Å². The van der Waals surface area contributed by atoms with Gasteiger partial charge in [-0.3, -0.25) is 4.79 Å². The Morgan fingerprint density at radius 3 is 2.53 bits per heavy atom. The molecule has 0 radical (unpaired) electrons. The Kier molecular flexibility index (Phi) is 3.81. The minimum atomic E-state index is -0.186. The van der Waals surface area contributed by atoms with E-state index in [1.54, 1.807) is 37.1 Å². The molecule has 0 spiro atoms. The zero-order chi connectivity index (χ0) is 13.2. The van der Waals surface area contributed by atoms with Crippen LogP contribution in [0.3, 0.4) is 0 Å². The van der Waals surface area contributed by atoms with Gasteiger partial charge < -0.3 is 10.0 Å². The number of benzene rings is 1. The lowest BCUT2D eigenvalue weighted by Gasteiger charge is -2.35. The SMILES string of the molecule is CCC(C)(C)N(C)C(=O)c1cccc(O)c1C. The fourth-order valence-corrected chi connectivity index (χ4v) is 1.55. The van der Waals surface area contributed by atoms with E-state index >= 15 is 0 Å². The molecule has 94 valence electrons. The lowest BCUT2D eigenvalue weighted by atomic mass is 9.97.